The van der Waals surface area contributed by atoms with Crippen LogP contribution in [0.25, 0.3) is 0 Å². The number of hydrogen-bond donors (Lipinski definition) is 1. The summed E-state index contributed by atoms with van der Waals surface area (Å²) in [6, 6.07) is 6.94. The van der Waals surface area contributed by atoms with Crippen LogP contribution in [0.2, 0.25) is 0 Å². The van der Waals surface area contributed by atoms with E-state index >= 15 is 0 Å². The third-order valence-electron chi connectivity index (χ3n) is 2.58. The molecule has 1 heterocycles. The maximum atomic E-state index is 12.2. The topological polar surface area (TPSA) is 55.4 Å². The molecule has 16 heavy (non-hydrogen) atoms. The molecule has 0 bridgehead atoms. The normalized spacial score (nSPS) is 21.9. The molecular weight excluding hydrogens is 226 g/mol. The van der Waals surface area contributed by atoms with E-state index in [2.05, 4.69) is 5.32 Å². The summed E-state index contributed by atoms with van der Waals surface area (Å²) >= 11 is 0. The van der Waals surface area contributed by atoms with Gasteiger partial charge in [-0.05, 0) is 24.6 Å². The Labute approximate surface area is 95.5 Å². The van der Waals surface area contributed by atoms with Gasteiger partial charge in [-0.15, -0.1) is 0 Å². The zero-order valence-corrected chi connectivity index (χ0v) is 9.96. The van der Waals surface area contributed by atoms with Crippen LogP contribution < -0.4 is 5.32 Å². The Morgan fingerprint density at radius 2 is 2.25 bits per heavy atom. The largest absolute Gasteiger partial charge is 0.377 e. The van der Waals surface area contributed by atoms with Crippen molar-refractivity contribution >= 4 is 9.84 Å². The van der Waals surface area contributed by atoms with Crippen LogP contribution in [-0.4, -0.2) is 33.6 Å². The molecule has 1 saturated heterocycles. The van der Waals surface area contributed by atoms with Crippen LogP contribution in [0.5, 0.6) is 0 Å². The second-order valence-electron chi connectivity index (χ2n) is 3.88. The number of rotatable bonds is 2. The zero-order chi connectivity index (χ0) is 11.6. The highest BCUT2D eigenvalue weighted by Crippen LogP contribution is 2.17. The number of aryl methyl sites for hydroxylation is 1. The highest BCUT2D eigenvalue weighted by Gasteiger charge is 2.29. The fourth-order valence-electron chi connectivity index (χ4n) is 1.70. The van der Waals surface area contributed by atoms with Crippen molar-refractivity contribution in [3.05, 3.63) is 29.8 Å². The van der Waals surface area contributed by atoms with E-state index in [1.54, 1.807) is 18.2 Å². The van der Waals surface area contributed by atoms with Crippen molar-refractivity contribution in [1.82, 2.24) is 5.32 Å². The van der Waals surface area contributed by atoms with Crippen molar-refractivity contribution in [1.29, 1.82) is 0 Å². The van der Waals surface area contributed by atoms with E-state index in [-0.39, 0.29) is 6.61 Å². The third-order valence-corrected chi connectivity index (χ3v) is 4.54. The Kier molecular flexibility index (Phi) is 3.28. The summed E-state index contributed by atoms with van der Waals surface area (Å²) in [4.78, 5) is 0.357. The first-order chi connectivity index (χ1) is 7.60. The molecule has 1 atom stereocenters. The van der Waals surface area contributed by atoms with Gasteiger partial charge in [0.25, 0.3) is 0 Å². The molecule has 4 nitrogen and oxygen atoms in total. The molecule has 1 fully saturated rings. The SMILES string of the molecule is Cc1cccc(S(=O)(=O)C2COCCN2)c1. The van der Waals surface area contributed by atoms with E-state index in [9.17, 15) is 8.42 Å². The predicted molar refractivity (Wildman–Crippen MR) is 61.0 cm³/mol. The molecule has 0 aliphatic carbocycles. The second-order valence-corrected chi connectivity index (χ2v) is 6.01. The van der Waals surface area contributed by atoms with Gasteiger partial charge < -0.3 is 4.74 Å². The van der Waals surface area contributed by atoms with Crippen LogP contribution in [0.15, 0.2) is 29.2 Å². The summed E-state index contributed by atoms with van der Waals surface area (Å²) in [5, 5.41) is 2.34. The summed E-state index contributed by atoms with van der Waals surface area (Å²) in [6.07, 6.45) is 0. The Morgan fingerprint density at radius 3 is 2.88 bits per heavy atom. The minimum absolute atomic E-state index is 0.219. The molecule has 0 radical (unpaired) electrons. The van der Waals surface area contributed by atoms with Crippen LogP contribution in [0, 0.1) is 6.92 Å². The molecule has 5 heteroatoms. The number of sulfone groups is 1. The minimum Gasteiger partial charge on any atom is -0.377 e. The number of ether oxygens (including phenoxy) is 1. The first kappa shape index (κ1) is 11.6. The molecule has 2 rings (SSSR count). The van der Waals surface area contributed by atoms with Crippen LogP contribution in [0.1, 0.15) is 5.56 Å². The van der Waals surface area contributed by atoms with E-state index in [4.69, 9.17) is 4.74 Å². The van der Waals surface area contributed by atoms with Gasteiger partial charge in [0.1, 0.15) is 5.37 Å². The Balaban J connectivity index is 2.30. The second kappa shape index (κ2) is 4.53. The lowest BCUT2D eigenvalue weighted by atomic mass is 10.2. The van der Waals surface area contributed by atoms with Gasteiger partial charge in [0.15, 0.2) is 9.84 Å². The van der Waals surface area contributed by atoms with E-state index in [0.717, 1.165) is 5.56 Å². The predicted octanol–water partition coefficient (Wildman–Crippen LogP) is 0.715. The Bertz CT molecular complexity index is 464. The van der Waals surface area contributed by atoms with Gasteiger partial charge in [0.2, 0.25) is 0 Å². The maximum absolute atomic E-state index is 12.2. The first-order valence-corrected chi connectivity index (χ1v) is 6.77. The molecule has 0 saturated carbocycles. The molecule has 88 valence electrons. The molecule has 1 aliphatic heterocycles. The molecule has 1 aliphatic rings. The lowest BCUT2D eigenvalue weighted by molar-refractivity contribution is 0.0978. The summed E-state index contributed by atoms with van der Waals surface area (Å²) in [7, 11) is -3.32. The average Bonchev–Trinajstić information content (AvgIpc) is 2.30. The molecule has 0 aromatic heterocycles. The van der Waals surface area contributed by atoms with Gasteiger partial charge >= 0.3 is 0 Å². The fourth-order valence-corrected chi connectivity index (χ4v) is 3.26. The molecular formula is C11H15NO3S. The minimum atomic E-state index is -3.32. The van der Waals surface area contributed by atoms with Crippen LogP contribution in [-0.2, 0) is 14.6 Å². The molecule has 0 spiro atoms. The van der Waals surface area contributed by atoms with Gasteiger partial charge in [-0.3, -0.25) is 5.32 Å². The van der Waals surface area contributed by atoms with Gasteiger partial charge in [-0.2, -0.15) is 0 Å². The molecule has 1 N–H and O–H groups in total. The van der Waals surface area contributed by atoms with Gasteiger partial charge in [-0.25, -0.2) is 8.42 Å². The highest BCUT2D eigenvalue weighted by atomic mass is 32.2. The van der Waals surface area contributed by atoms with Gasteiger partial charge in [-0.1, -0.05) is 12.1 Å². The number of benzene rings is 1. The first-order valence-electron chi connectivity index (χ1n) is 5.22. The lowest BCUT2D eigenvalue weighted by Crippen LogP contribution is -2.46. The number of hydrogen-bond acceptors (Lipinski definition) is 4. The number of morpholine rings is 1. The average molecular weight is 241 g/mol. The van der Waals surface area contributed by atoms with Gasteiger partial charge in [0.05, 0.1) is 18.1 Å². The smallest absolute Gasteiger partial charge is 0.196 e. The van der Waals surface area contributed by atoms with Crippen LogP contribution in [0.4, 0.5) is 0 Å². The fraction of sp³-hybridized carbons (Fsp3) is 0.455. The van der Waals surface area contributed by atoms with E-state index < -0.39 is 15.2 Å². The van der Waals surface area contributed by atoms with Gasteiger partial charge in [0, 0.05) is 6.54 Å². The Hall–Kier alpha value is -0.910. The number of nitrogens with one attached hydrogen (secondary N) is 1. The van der Waals surface area contributed by atoms with Crippen LogP contribution >= 0.6 is 0 Å². The molecule has 1 aromatic carbocycles. The maximum Gasteiger partial charge on any atom is 0.196 e. The monoisotopic (exact) mass is 241 g/mol. The van der Waals surface area contributed by atoms with Crippen LogP contribution in [0.3, 0.4) is 0 Å². The van der Waals surface area contributed by atoms with Crippen molar-refractivity contribution in [3.8, 4) is 0 Å². The molecule has 1 unspecified atom stereocenters. The standard InChI is InChI=1S/C11H15NO3S/c1-9-3-2-4-10(7-9)16(13,14)11-8-15-6-5-12-11/h2-4,7,11-12H,5-6,8H2,1H3. The quantitative estimate of drug-likeness (QED) is 0.828. The lowest BCUT2D eigenvalue weighted by Gasteiger charge is -2.23. The molecule has 1 aromatic rings. The van der Waals surface area contributed by atoms with Crippen molar-refractivity contribution in [3.63, 3.8) is 0 Å². The van der Waals surface area contributed by atoms with Crippen molar-refractivity contribution < 1.29 is 13.2 Å². The van der Waals surface area contributed by atoms with E-state index in [1.165, 1.54) is 0 Å². The van der Waals surface area contributed by atoms with E-state index in [1.807, 2.05) is 13.0 Å². The highest BCUT2D eigenvalue weighted by molar-refractivity contribution is 7.92. The van der Waals surface area contributed by atoms with E-state index in [0.29, 0.717) is 18.0 Å². The summed E-state index contributed by atoms with van der Waals surface area (Å²) < 4.78 is 29.6. The zero-order valence-electron chi connectivity index (χ0n) is 9.14. The van der Waals surface area contributed by atoms with Crippen molar-refractivity contribution in [2.75, 3.05) is 19.8 Å². The van der Waals surface area contributed by atoms with Crippen molar-refractivity contribution in [2.45, 2.75) is 17.2 Å². The third kappa shape index (κ3) is 2.26. The summed E-state index contributed by atoms with van der Waals surface area (Å²) in [5.74, 6) is 0. The molecule has 0 amide bonds. The Morgan fingerprint density at radius 1 is 1.44 bits per heavy atom. The summed E-state index contributed by atoms with van der Waals surface area (Å²) in [6.45, 7) is 3.25. The van der Waals surface area contributed by atoms with Crippen molar-refractivity contribution in [2.24, 2.45) is 0 Å². The summed E-state index contributed by atoms with van der Waals surface area (Å²) in [5.41, 5.74) is 0.942.